The summed E-state index contributed by atoms with van der Waals surface area (Å²) in [5.74, 6) is 1.62. The third-order valence-corrected chi connectivity index (χ3v) is 11.8. The first-order valence-electron chi connectivity index (χ1n) is 23.9. The highest BCUT2D eigenvalue weighted by Crippen LogP contribution is 2.43. The van der Waals surface area contributed by atoms with E-state index < -0.39 is 29.5 Å². The van der Waals surface area contributed by atoms with Gasteiger partial charge in [0.05, 0.1) is 12.1 Å². The first kappa shape index (κ1) is 51.9. The van der Waals surface area contributed by atoms with Gasteiger partial charge in [0.2, 0.25) is 5.91 Å². The Kier molecular flexibility index (Phi) is 19.4. The van der Waals surface area contributed by atoms with Crippen LogP contribution >= 0.6 is 0 Å². The number of carbonyl (C=O) groups excluding carboxylic acids is 4. The third kappa shape index (κ3) is 17.0. The molecule has 4 rings (SSSR count). The number of nitrogens with zero attached hydrogens (tertiary/aromatic N) is 2. The van der Waals surface area contributed by atoms with Crippen molar-refractivity contribution in [1.82, 2.24) is 31.2 Å². The van der Waals surface area contributed by atoms with Gasteiger partial charge in [-0.2, -0.15) is 0 Å². The number of hydrogen-bond donors (Lipinski definition) is 4. The zero-order valence-electron chi connectivity index (χ0n) is 41.2. The van der Waals surface area contributed by atoms with E-state index >= 15 is 0 Å². The van der Waals surface area contributed by atoms with Crippen LogP contribution in [0.5, 0.6) is 0 Å². The fourth-order valence-corrected chi connectivity index (χ4v) is 8.95. The molecule has 1 saturated carbocycles. The summed E-state index contributed by atoms with van der Waals surface area (Å²) in [6.07, 6.45) is 8.20. The average Bonchev–Trinajstić information content (AvgIpc) is 3.43. The summed E-state index contributed by atoms with van der Waals surface area (Å²) in [7, 11) is 0. The van der Waals surface area contributed by atoms with Crippen LogP contribution in [-0.2, 0) is 40.0 Å². The number of allylic oxidation sites excluding steroid dienone is 2. The summed E-state index contributed by atoms with van der Waals surface area (Å²) < 4.78 is 11.9. The molecule has 2 heterocycles. The number of hydrogen-bond acceptors (Lipinski definition) is 8. The Morgan fingerprint density at radius 2 is 1.28 bits per heavy atom. The molecule has 2 aliphatic carbocycles. The molecule has 0 radical (unpaired) electrons. The van der Waals surface area contributed by atoms with Crippen molar-refractivity contribution in [1.29, 1.82) is 0 Å². The number of fused-ring (bicyclic) bond motifs is 1. The zero-order chi connectivity index (χ0) is 47.3. The number of alkyl carbamates (subject to hydrolysis) is 1. The van der Waals surface area contributed by atoms with Crippen LogP contribution in [0.15, 0.2) is 47.7 Å². The van der Waals surface area contributed by atoms with Gasteiger partial charge in [0.15, 0.2) is 0 Å². The molecule has 2 aromatic heterocycles. The highest BCUT2D eigenvalue weighted by Gasteiger charge is 2.33. The summed E-state index contributed by atoms with van der Waals surface area (Å²) in [6, 6.07) is 6.01. The summed E-state index contributed by atoms with van der Waals surface area (Å²) in [5, 5.41) is 11.6. The van der Waals surface area contributed by atoms with E-state index in [0.717, 1.165) is 67.7 Å². The van der Waals surface area contributed by atoms with Crippen molar-refractivity contribution in [3.63, 3.8) is 0 Å². The van der Waals surface area contributed by atoms with Gasteiger partial charge in [0.1, 0.15) is 24.5 Å². The van der Waals surface area contributed by atoms with Crippen LogP contribution in [0.25, 0.3) is 0 Å². The molecule has 0 aliphatic heterocycles. The van der Waals surface area contributed by atoms with Gasteiger partial charge >= 0.3 is 6.09 Å². The Balaban J connectivity index is 1.41. The number of ether oxygens (including phenoxy) is 2. The highest BCUT2D eigenvalue weighted by molar-refractivity contribution is 5.98. The van der Waals surface area contributed by atoms with Crippen molar-refractivity contribution < 1.29 is 28.7 Å². The number of carbonyl (C=O) groups is 4. The van der Waals surface area contributed by atoms with Gasteiger partial charge in [-0.3, -0.25) is 24.4 Å². The minimum atomic E-state index is -1.14. The molecule has 64 heavy (non-hydrogen) atoms. The SMILES string of the molecule is C=C(CNC(=O)C(CNC(=O)c1cc(CC(C)C)nc(CC(C)C)c1)NC(=O)c1cc(CC(C)C)nc(CC(C)C)c1)OCC(C)(C)NC(=O)OC1CCCC2C(=C(C)C[C@H]2C)CC1. The maximum atomic E-state index is 14.0. The Labute approximate surface area is 384 Å². The zero-order valence-corrected chi connectivity index (χ0v) is 41.2. The molecule has 12 heteroatoms. The summed E-state index contributed by atoms with van der Waals surface area (Å²) in [4.78, 5) is 64.4. The van der Waals surface area contributed by atoms with Crippen molar-refractivity contribution >= 4 is 23.8 Å². The second-order valence-corrected chi connectivity index (χ2v) is 20.9. The van der Waals surface area contributed by atoms with Crippen molar-refractivity contribution in [3.05, 3.63) is 81.7 Å². The van der Waals surface area contributed by atoms with Crippen molar-refractivity contribution in [2.45, 2.75) is 165 Å². The lowest BCUT2D eigenvalue weighted by Gasteiger charge is -2.30. The molecule has 0 saturated heterocycles. The van der Waals surface area contributed by atoms with E-state index in [1.54, 1.807) is 29.8 Å². The lowest BCUT2D eigenvalue weighted by Crippen LogP contribution is -2.53. The fourth-order valence-electron chi connectivity index (χ4n) is 8.95. The second-order valence-electron chi connectivity index (χ2n) is 20.9. The van der Waals surface area contributed by atoms with E-state index in [-0.39, 0.29) is 37.5 Å². The molecule has 1 fully saturated rings. The second kappa shape index (κ2) is 24.0. The van der Waals surface area contributed by atoms with Gasteiger partial charge in [-0.15, -0.1) is 0 Å². The Morgan fingerprint density at radius 1 is 0.766 bits per heavy atom. The van der Waals surface area contributed by atoms with Gasteiger partial charge in [-0.25, -0.2) is 4.79 Å². The van der Waals surface area contributed by atoms with E-state index in [4.69, 9.17) is 19.4 Å². The number of amides is 4. The molecule has 354 valence electrons. The smallest absolute Gasteiger partial charge is 0.407 e. The highest BCUT2D eigenvalue weighted by atomic mass is 16.6. The maximum Gasteiger partial charge on any atom is 0.407 e. The number of aromatic nitrogens is 2. The lowest BCUT2D eigenvalue weighted by atomic mass is 9.82. The molecule has 0 bridgehead atoms. The van der Waals surface area contributed by atoms with Gasteiger partial charge in [0, 0.05) is 40.4 Å². The van der Waals surface area contributed by atoms with E-state index in [1.165, 1.54) is 12.0 Å². The normalized spacial score (nSPS) is 18.3. The average molecular weight is 885 g/mol. The predicted octanol–water partition coefficient (Wildman–Crippen LogP) is 9.26. The molecule has 4 atom stereocenters. The van der Waals surface area contributed by atoms with Crippen LogP contribution in [0.1, 0.15) is 165 Å². The summed E-state index contributed by atoms with van der Waals surface area (Å²) in [5.41, 5.74) is 6.41. The number of nitrogens with one attached hydrogen (secondary N) is 4. The molecule has 12 nitrogen and oxygen atoms in total. The molecule has 0 aromatic carbocycles. The van der Waals surface area contributed by atoms with Gasteiger partial charge in [-0.1, -0.05) is 80.0 Å². The Bertz CT molecular complexity index is 1910. The summed E-state index contributed by atoms with van der Waals surface area (Å²) in [6.45, 7) is 29.0. The van der Waals surface area contributed by atoms with Gasteiger partial charge in [0.25, 0.3) is 11.8 Å². The van der Waals surface area contributed by atoms with E-state index in [9.17, 15) is 19.2 Å². The summed E-state index contributed by atoms with van der Waals surface area (Å²) >= 11 is 0. The Morgan fingerprint density at radius 3 is 1.80 bits per heavy atom. The number of pyridine rings is 2. The van der Waals surface area contributed by atoms with Crippen molar-refractivity contribution in [3.8, 4) is 0 Å². The number of rotatable bonds is 21. The first-order chi connectivity index (χ1) is 30.1. The van der Waals surface area contributed by atoms with Crippen molar-refractivity contribution in [2.24, 2.45) is 35.5 Å². The molecule has 2 aromatic rings. The topological polar surface area (TPSA) is 161 Å². The lowest BCUT2D eigenvalue weighted by molar-refractivity contribution is -0.122. The molecule has 2 aliphatic rings. The predicted molar refractivity (Wildman–Crippen MR) is 255 cm³/mol. The first-order valence-corrected chi connectivity index (χ1v) is 23.9. The fraction of sp³-hybridized carbons (Fsp3) is 0.654. The van der Waals surface area contributed by atoms with Crippen LogP contribution in [0, 0.1) is 35.5 Å². The third-order valence-electron chi connectivity index (χ3n) is 11.8. The van der Waals surface area contributed by atoms with E-state index in [0.29, 0.717) is 59.5 Å². The molecular weight excluding hydrogens is 805 g/mol. The van der Waals surface area contributed by atoms with Crippen molar-refractivity contribution in [2.75, 3.05) is 19.7 Å². The minimum Gasteiger partial charge on any atom is -0.494 e. The van der Waals surface area contributed by atoms with Crippen LogP contribution in [0.4, 0.5) is 4.79 Å². The largest absolute Gasteiger partial charge is 0.494 e. The van der Waals surface area contributed by atoms with Crippen LogP contribution in [-0.4, -0.2) is 71.2 Å². The molecule has 0 spiro atoms. The van der Waals surface area contributed by atoms with Gasteiger partial charge in [-0.05, 0) is 145 Å². The molecule has 4 amide bonds. The van der Waals surface area contributed by atoms with Crippen LogP contribution < -0.4 is 21.3 Å². The molecule has 3 unspecified atom stereocenters. The van der Waals surface area contributed by atoms with E-state index in [2.05, 4.69) is 97.1 Å². The molecular formula is C52H80N6O6. The maximum absolute atomic E-state index is 14.0. The monoisotopic (exact) mass is 885 g/mol. The van der Waals surface area contributed by atoms with Crippen LogP contribution in [0.3, 0.4) is 0 Å². The minimum absolute atomic E-state index is 0.0650. The Hall–Kier alpha value is -4.74. The standard InChI is InChI=1S/C52H80N6O6/c1-31(2)19-40-24-38(25-41(55-40)20-32(3)4)48(59)54-29-47(57-49(60)39-26-42(21-33(5)6)56-43(27-39)22-34(7)8)50(61)53-28-37(11)63-30-52(12,13)58-51(62)64-44-15-14-16-45-35(9)23-36(10)46(45)18-17-44/h24-27,31-35,44-45,47H,11,14-23,28-30H2,1-10,12-13H3,(H,53,61)(H,54,59)(H,57,60)(H,58,62)/t35-,44?,45?,47?/m1/s1. The van der Waals surface area contributed by atoms with E-state index in [1.807, 2.05) is 13.8 Å². The van der Waals surface area contributed by atoms with Crippen LogP contribution in [0.2, 0.25) is 0 Å². The van der Waals surface area contributed by atoms with Gasteiger partial charge < -0.3 is 30.7 Å². The molecule has 4 N–H and O–H groups in total. The quantitative estimate of drug-likeness (QED) is 0.0713.